The highest BCUT2D eigenvalue weighted by atomic mass is 35.5. The van der Waals surface area contributed by atoms with Crippen LogP contribution in [-0.2, 0) is 33.6 Å². The third-order valence-electron chi connectivity index (χ3n) is 10.5. The Morgan fingerprint density at radius 2 is 2.04 bits per heavy atom. The summed E-state index contributed by atoms with van der Waals surface area (Å²) in [5.41, 5.74) is 3.03. The van der Waals surface area contributed by atoms with Crippen molar-refractivity contribution in [2.45, 2.75) is 50.9 Å². The van der Waals surface area contributed by atoms with Crippen LogP contribution in [0.3, 0.4) is 0 Å². The lowest BCUT2D eigenvalue weighted by Crippen LogP contribution is -2.49. The number of rotatable bonds is 12. The summed E-state index contributed by atoms with van der Waals surface area (Å²) >= 11 is 6.42. The second kappa shape index (κ2) is 15.3. The van der Waals surface area contributed by atoms with E-state index in [0.717, 1.165) is 32.1 Å². The fourth-order valence-corrected chi connectivity index (χ4v) is 9.92. The summed E-state index contributed by atoms with van der Waals surface area (Å²) in [6.45, 7) is 11.0. The van der Waals surface area contributed by atoms with E-state index < -0.39 is 21.7 Å². The number of aromatic nitrogens is 2. The van der Waals surface area contributed by atoms with E-state index in [4.69, 9.17) is 21.1 Å². The number of hydrogen-bond donors (Lipinski definition) is 1. The number of allylic oxidation sites excluding steroid dienone is 2. The predicted molar refractivity (Wildman–Crippen MR) is 203 cm³/mol. The van der Waals surface area contributed by atoms with Gasteiger partial charge in [0, 0.05) is 48.3 Å². The molecule has 11 nitrogen and oxygen atoms in total. The number of aryl methyl sites for hydroxylation is 2. The van der Waals surface area contributed by atoms with Crippen LogP contribution < -0.4 is 19.1 Å². The van der Waals surface area contributed by atoms with E-state index in [1.807, 2.05) is 19.1 Å². The summed E-state index contributed by atoms with van der Waals surface area (Å²) < 4.78 is 34.4. The second-order valence-electron chi connectivity index (χ2n) is 14.3. The first-order valence-corrected chi connectivity index (χ1v) is 19.7. The van der Waals surface area contributed by atoms with Crippen LogP contribution in [0.5, 0.6) is 11.6 Å². The highest BCUT2D eigenvalue weighted by Crippen LogP contribution is 2.46. The van der Waals surface area contributed by atoms with Crippen molar-refractivity contribution in [3.05, 3.63) is 95.2 Å². The number of anilines is 1. The smallest absolute Gasteiger partial charge is 0.286 e. The number of carbonyl (C=O) groups excluding carboxylic acids is 3. The molecule has 1 aromatic heterocycles. The standard InChI is InChI=1S/C39H46ClN5O6S/c1-6-9-25(3)22-52(49,43-37(48)31-21-44(4)41-38(31)50-5)42-36(47)27-12-16-35-33(19-27)45(20-28-11-14-30(28)34(46)7-2)23-39(24-51-35)17-8-10-26-18-29(40)13-15-32(26)39/h6-7,12-13,15-16,18-19,21,25,28,30H,1-2,8-11,14,17,20,22-24H2,3-5H3,(H,42,43,47,48,49)/t25-,28-,30+,39-,52?/m0/s1. The van der Waals surface area contributed by atoms with Gasteiger partial charge in [0.05, 0.1) is 25.2 Å². The molecule has 1 fully saturated rings. The molecule has 1 N–H and O–H groups in total. The number of ether oxygens (including phenoxy) is 2. The lowest BCUT2D eigenvalue weighted by atomic mass is 9.69. The van der Waals surface area contributed by atoms with Crippen LogP contribution in [0, 0.1) is 17.8 Å². The third-order valence-corrected chi connectivity index (χ3v) is 12.7. The van der Waals surface area contributed by atoms with Crippen molar-refractivity contribution >= 4 is 44.8 Å². The molecule has 2 heterocycles. The number of hydrogen-bond acceptors (Lipinski definition) is 8. The number of nitrogens with one attached hydrogen (secondary N) is 1. The summed E-state index contributed by atoms with van der Waals surface area (Å²) in [5, 5.41) is 4.81. The average Bonchev–Trinajstić information content (AvgIpc) is 3.41. The first-order valence-electron chi connectivity index (χ1n) is 17.6. The van der Waals surface area contributed by atoms with E-state index in [9.17, 15) is 18.6 Å². The molecule has 3 aromatic rings. The minimum absolute atomic E-state index is 0.0454. The molecule has 1 unspecified atom stereocenters. The molecule has 5 atom stereocenters. The number of amides is 2. The normalized spacial score (nSPS) is 22.3. The first-order chi connectivity index (χ1) is 24.9. The summed E-state index contributed by atoms with van der Waals surface area (Å²) in [5.74, 6) is -1.03. The Morgan fingerprint density at radius 3 is 2.75 bits per heavy atom. The molecule has 2 amide bonds. The van der Waals surface area contributed by atoms with Gasteiger partial charge in [-0.2, -0.15) is 0 Å². The summed E-state index contributed by atoms with van der Waals surface area (Å²) in [6.07, 6.45) is 9.57. The van der Waals surface area contributed by atoms with Gasteiger partial charge in [0.15, 0.2) is 5.78 Å². The molecule has 0 saturated heterocycles. The van der Waals surface area contributed by atoms with Gasteiger partial charge in [0.2, 0.25) is 5.88 Å². The van der Waals surface area contributed by atoms with Crippen LogP contribution in [0.1, 0.15) is 70.9 Å². The van der Waals surface area contributed by atoms with E-state index in [1.54, 1.807) is 31.3 Å². The SMILES string of the molecule is C=CC[C@H](C)CS(=O)(=NC(=O)c1ccc2c(c1)N(C[C@@H]1CC[C@H]1C(=O)C=C)C[C@@]1(CCCc3cc(Cl)ccc31)CO2)NC(=O)c1cn(C)nc1OC. The molecule has 3 aliphatic rings. The molecule has 0 radical (unpaired) electrons. The van der Waals surface area contributed by atoms with Gasteiger partial charge in [-0.25, -0.2) is 4.21 Å². The molecule has 2 aromatic carbocycles. The number of ketones is 1. The molecule has 1 spiro atoms. The lowest BCUT2D eigenvalue weighted by molar-refractivity contribution is -0.122. The lowest BCUT2D eigenvalue weighted by Gasteiger charge is -2.44. The maximum absolute atomic E-state index is 14.4. The molecule has 52 heavy (non-hydrogen) atoms. The Morgan fingerprint density at radius 1 is 1.23 bits per heavy atom. The van der Waals surface area contributed by atoms with Crippen LogP contribution in [0.2, 0.25) is 5.02 Å². The van der Waals surface area contributed by atoms with Crippen molar-refractivity contribution in [2.75, 3.05) is 37.5 Å². The van der Waals surface area contributed by atoms with Crippen LogP contribution in [0.15, 0.2) is 72.3 Å². The number of halogens is 1. The molecule has 6 rings (SSSR count). The van der Waals surface area contributed by atoms with Gasteiger partial charge in [-0.15, -0.1) is 16.0 Å². The highest BCUT2D eigenvalue weighted by Gasteiger charge is 2.44. The van der Waals surface area contributed by atoms with Gasteiger partial charge >= 0.3 is 0 Å². The van der Waals surface area contributed by atoms with E-state index in [2.05, 4.69) is 38.3 Å². The molecular formula is C39H46ClN5O6S. The molecule has 276 valence electrons. The van der Waals surface area contributed by atoms with Gasteiger partial charge in [0.25, 0.3) is 11.8 Å². The molecule has 0 bridgehead atoms. The fourth-order valence-electron chi connectivity index (χ4n) is 7.84. The van der Waals surface area contributed by atoms with E-state index >= 15 is 0 Å². The summed E-state index contributed by atoms with van der Waals surface area (Å²) in [7, 11) is -0.605. The third kappa shape index (κ3) is 7.68. The van der Waals surface area contributed by atoms with Crippen molar-refractivity contribution in [3.63, 3.8) is 0 Å². The minimum Gasteiger partial charge on any atom is -0.490 e. The van der Waals surface area contributed by atoms with Crippen LogP contribution >= 0.6 is 11.6 Å². The average molecular weight is 748 g/mol. The van der Waals surface area contributed by atoms with Gasteiger partial charge < -0.3 is 14.4 Å². The van der Waals surface area contributed by atoms with Gasteiger partial charge in [-0.05, 0) is 97.9 Å². The zero-order valence-corrected chi connectivity index (χ0v) is 31.5. The molecule has 2 aliphatic carbocycles. The largest absolute Gasteiger partial charge is 0.490 e. The Labute approximate surface area is 310 Å². The van der Waals surface area contributed by atoms with Crippen LogP contribution in [0.4, 0.5) is 5.69 Å². The maximum Gasteiger partial charge on any atom is 0.286 e. The van der Waals surface area contributed by atoms with Gasteiger partial charge in [0.1, 0.15) is 21.2 Å². The van der Waals surface area contributed by atoms with E-state index in [1.165, 1.54) is 35.2 Å². The zero-order chi connectivity index (χ0) is 37.2. The van der Waals surface area contributed by atoms with Crippen molar-refractivity contribution in [2.24, 2.45) is 29.2 Å². The number of carbonyl (C=O) groups is 3. The fraction of sp³-hybridized carbons (Fsp3) is 0.436. The number of benzene rings is 2. The van der Waals surface area contributed by atoms with Crippen molar-refractivity contribution in [3.8, 4) is 11.6 Å². The predicted octanol–water partition coefficient (Wildman–Crippen LogP) is 6.50. The second-order valence-corrected chi connectivity index (χ2v) is 16.8. The van der Waals surface area contributed by atoms with Crippen molar-refractivity contribution in [1.29, 1.82) is 0 Å². The molecule has 13 heteroatoms. The Bertz CT molecular complexity index is 2040. The van der Waals surface area contributed by atoms with E-state index in [-0.39, 0.29) is 51.7 Å². The Kier molecular flexibility index (Phi) is 11.0. The highest BCUT2D eigenvalue weighted by molar-refractivity contribution is 7.92. The summed E-state index contributed by atoms with van der Waals surface area (Å²) in [4.78, 5) is 42.4. The van der Waals surface area contributed by atoms with Gasteiger partial charge in [-0.1, -0.05) is 37.2 Å². The summed E-state index contributed by atoms with van der Waals surface area (Å²) in [6, 6.07) is 11.2. The van der Waals surface area contributed by atoms with Crippen molar-refractivity contribution in [1.82, 2.24) is 14.5 Å². The maximum atomic E-state index is 14.4. The van der Waals surface area contributed by atoms with Crippen molar-refractivity contribution < 1.29 is 28.1 Å². The Balaban J connectivity index is 1.37. The van der Waals surface area contributed by atoms with Crippen LogP contribution in [-0.4, -0.2) is 64.1 Å². The van der Waals surface area contributed by atoms with Gasteiger partial charge in [-0.3, -0.25) is 23.8 Å². The quantitative estimate of drug-likeness (QED) is 0.164. The van der Waals surface area contributed by atoms with Crippen LogP contribution in [0.25, 0.3) is 0 Å². The monoisotopic (exact) mass is 747 g/mol. The number of nitrogens with zero attached hydrogens (tertiary/aromatic N) is 4. The Hall–Kier alpha value is -4.42. The van der Waals surface area contributed by atoms with E-state index in [0.29, 0.717) is 42.6 Å². The molecule has 1 saturated carbocycles. The molecule has 1 aliphatic heterocycles. The zero-order valence-electron chi connectivity index (χ0n) is 29.9. The number of fused-ring (bicyclic) bond motifs is 3. The minimum atomic E-state index is -3.62. The number of methoxy groups -OCH3 is 1. The topological polar surface area (TPSA) is 132 Å². The first kappa shape index (κ1) is 37.3. The molecular weight excluding hydrogens is 702 g/mol.